The van der Waals surface area contributed by atoms with Gasteiger partial charge in [-0.25, -0.2) is 0 Å². The van der Waals surface area contributed by atoms with Crippen LogP contribution < -0.4 is 16.4 Å². The van der Waals surface area contributed by atoms with Crippen molar-refractivity contribution < 1.29 is 14.3 Å². The topological polar surface area (TPSA) is 96.7 Å². The molecular formula is C19H30N4O3. The number of nitrogens with zero attached hydrogens (tertiary/aromatic N) is 1. The van der Waals surface area contributed by atoms with Gasteiger partial charge in [-0.2, -0.15) is 0 Å². The van der Waals surface area contributed by atoms with Crippen molar-refractivity contribution >= 4 is 17.5 Å². The molecule has 7 nitrogen and oxygen atoms in total. The van der Waals surface area contributed by atoms with E-state index < -0.39 is 6.04 Å². The minimum atomic E-state index is -0.529. The standard InChI is InChI=1S/C19H30N4O3/c1-14(2)13-17(20)19(25)22-16-5-3-15(4-6-16)18(24)21-7-8-23-9-11-26-12-10-23/h3-6,14,17H,7-13,20H2,1-2H3,(H,21,24)(H,22,25)/t17-/m0/s1. The number of carbonyl (C=O) groups excluding carboxylic acids is 2. The van der Waals surface area contributed by atoms with Crippen LogP contribution in [-0.4, -0.2) is 62.1 Å². The molecule has 0 aromatic heterocycles. The molecule has 0 radical (unpaired) electrons. The summed E-state index contributed by atoms with van der Waals surface area (Å²) in [5.74, 6) is 0.0355. The van der Waals surface area contributed by atoms with E-state index in [1.807, 2.05) is 13.8 Å². The highest BCUT2D eigenvalue weighted by molar-refractivity contribution is 5.97. The molecule has 1 aromatic carbocycles. The van der Waals surface area contributed by atoms with E-state index in [0.29, 0.717) is 30.1 Å². The average Bonchev–Trinajstić information content (AvgIpc) is 2.62. The summed E-state index contributed by atoms with van der Waals surface area (Å²) in [6, 6.07) is 6.31. The van der Waals surface area contributed by atoms with Crippen LogP contribution in [-0.2, 0) is 9.53 Å². The van der Waals surface area contributed by atoms with Crippen LogP contribution in [0.2, 0.25) is 0 Å². The van der Waals surface area contributed by atoms with Crippen LogP contribution in [0, 0.1) is 5.92 Å². The molecule has 1 heterocycles. The summed E-state index contributed by atoms with van der Waals surface area (Å²) in [6.45, 7) is 8.79. The third-order valence-corrected chi connectivity index (χ3v) is 4.29. The first-order chi connectivity index (χ1) is 12.5. The predicted octanol–water partition coefficient (Wildman–Crippen LogP) is 1.06. The number of nitrogens with one attached hydrogen (secondary N) is 2. The van der Waals surface area contributed by atoms with Gasteiger partial charge in [0.15, 0.2) is 0 Å². The lowest BCUT2D eigenvalue weighted by Gasteiger charge is -2.26. The Balaban J connectivity index is 1.76. The van der Waals surface area contributed by atoms with Gasteiger partial charge >= 0.3 is 0 Å². The minimum absolute atomic E-state index is 0.118. The van der Waals surface area contributed by atoms with E-state index in [4.69, 9.17) is 10.5 Å². The molecule has 2 amide bonds. The zero-order valence-corrected chi connectivity index (χ0v) is 15.7. The highest BCUT2D eigenvalue weighted by Crippen LogP contribution is 2.11. The van der Waals surface area contributed by atoms with Gasteiger partial charge in [0.1, 0.15) is 0 Å². The Bertz CT molecular complexity index is 583. The lowest BCUT2D eigenvalue weighted by atomic mass is 10.0. The SMILES string of the molecule is CC(C)C[C@H](N)C(=O)Nc1ccc(C(=O)NCCN2CCOCC2)cc1. The first-order valence-electron chi connectivity index (χ1n) is 9.20. The fourth-order valence-electron chi connectivity index (χ4n) is 2.81. The van der Waals surface area contributed by atoms with Crippen molar-refractivity contribution in [2.45, 2.75) is 26.3 Å². The third-order valence-electron chi connectivity index (χ3n) is 4.29. The lowest BCUT2D eigenvalue weighted by Crippen LogP contribution is -2.41. The van der Waals surface area contributed by atoms with Crippen LogP contribution in [0.5, 0.6) is 0 Å². The molecule has 144 valence electrons. The van der Waals surface area contributed by atoms with Gasteiger partial charge in [-0.1, -0.05) is 13.8 Å². The van der Waals surface area contributed by atoms with Crippen molar-refractivity contribution in [2.24, 2.45) is 11.7 Å². The number of benzene rings is 1. The van der Waals surface area contributed by atoms with Gasteiger partial charge in [-0.05, 0) is 36.6 Å². The van der Waals surface area contributed by atoms with E-state index in [-0.39, 0.29) is 11.8 Å². The molecule has 0 aliphatic carbocycles. The summed E-state index contributed by atoms with van der Waals surface area (Å²) in [7, 11) is 0. The first kappa shape index (κ1) is 20.4. The maximum atomic E-state index is 12.2. The Labute approximate surface area is 155 Å². The molecule has 1 saturated heterocycles. The van der Waals surface area contributed by atoms with E-state index in [1.54, 1.807) is 24.3 Å². The average molecular weight is 362 g/mol. The molecular weight excluding hydrogens is 332 g/mol. The van der Waals surface area contributed by atoms with Crippen molar-refractivity contribution in [1.82, 2.24) is 10.2 Å². The summed E-state index contributed by atoms with van der Waals surface area (Å²) in [4.78, 5) is 26.5. The maximum absolute atomic E-state index is 12.2. The zero-order valence-electron chi connectivity index (χ0n) is 15.7. The first-order valence-corrected chi connectivity index (χ1v) is 9.20. The summed E-state index contributed by atoms with van der Waals surface area (Å²) in [5, 5.41) is 5.70. The lowest BCUT2D eigenvalue weighted by molar-refractivity contribution is -0.117. The van der Waals surface area contributed by atoms with Crippen molar-refractivity contribution in [1.29, 1.82) is 0 Å². The molecule has 2 rings (SSSR count). The molecule has 1 aliphatic heterocycles. The fourth-order valence-corrected chi connectivity index (χ4v) is 2.81. The molecule has 0 unspecified atom stereocenters. The van der Waals surface area contributed by atoms with Gasteiger partial charge < -0.3 is 21.1 Å². The molecule has 0 bridgehead atoms. The van der Waals surface area contributed by atoms with E-state index >= 15 is 0 Å². The monoisotopic (exact) mass is 362 g/mol. The van der Waals surface area contributed by atoms with Gasteiger partial charge in [0.25, 0.3) is 5.91 Å². The second-order valence-electron chi connectivity index (χ2n) is 7.01. The highest BCUT2D eigenvalue weighted by atomic mass is 16.5. The number of hydrogen-bond donors (Lipinski definition) is 3. The molecule has 1 atom stereocenters. The Kier molecular flexibility index (Phi) is 8.03. The Hall–Kier alpha value is -1.96. The molecule has 7 heteroatoms. The van der Waals surface area contributed by atoms with Crippen LogP contribution >= 0.6 is 0 Å². The van der Waals surface area contributed by atoms with Crippen LogP contribution in [0.3, 0.4) is 0 Å². The molecule has 1 aromatic rings. The second kappa shape index (κ2) is 10.3. The Morgan fingerprint density at radius 1 is 1.19 bits per heavy atom. The molecule has 0 spiro atoms. The van der Waals surface area contributed by atoms with Gasteiger partial charge in [0.2, 0.25) is 5.91 Å². The van der Waals surface area contributed by atoms with Crippen LogP contribution in [0.25, 0.3) is 0 Å². The predicted molar refractivity (Wildman–Crippen MR) is 102 cm³/mol. The van der Waals surface area contributed by atoms with Gasteiger partial charge in [0, 0.05) is 37.4 Å². The number of amides is 2. The van der Waals surface area contributed by atoms with E-state index in [9.17, 15) is 9.59 Å². The normalized spacial score (nSPS) is 16.3. The van der Waals surface area contributed by atoms with Crippen LogP contribution in [0.15, 0.2) is 24.3 Å². The van der Waals surface area contributed by atoms with E-state index in [2.05, 4.69) is 15.5 Å². The summed E-state index contributed by atoms with van der Waals surface area (Å²) < 4.78 is 5.30. The van der Waals surface area contributed by atoms with Gasteiger partial charge in [-0.15, -0.1) is 0 Å². The molecule has 0 saturated carbocycles. The van der Waals surface area contributed by atoms with Crippen LogP contribution in [0.1, 0.15) is 30.6 Å². The molecule has 4 N–H and O–H groups in total. The largest absolute Gasteiger partial charge is 0.379 e. The number of carbonyl (C=O) groups is 2. The van der Waals surface area contributed by atoms with Crippen LogP contribution in [0.4, 0.5) is 5.69 Å². The fraction of sp³-hybridized carbons (Fsp3) is 0.579. The molecule has 26 heavy (non-hydrogen) atoms. The Morgan fingerprint density at radius 2 is 1.85 bits per heavy atom. The molecule has 1 fully saturated rings. The minimum Gasteiger partial charge on any atom is -0.379 e. The zero-order chi connectivity index (χ0) is 18.9. The van der Waals surface area contributed by atoms with Crippen molar-refractivity contribution in [3.63, 3.8) is 0 Å². The van der Waals surface area contributed by atoms with Crippen molar-refractivity contribution in [2.75, 3.05) is 44.7 Å². The highest BCUT2D eigenvalue weighted by Gasteiger charge is 2.15. The van der Waals surface area contributed by atoms with Gasteiger partial charge in [-0.3, -0.25) is 14.5 Å². The number of ether oxygens (including phenoxy) is 1. The van der Waals surface area contributed by atoms with E-state index in [0.717, 1.165) is 32.8 Å². The number of anilines is 1. The summed E-state index contributed by atoms with van der Waals surface area (Å²) in [5.41, 5.74) is 7.08. The summed E-state index contributed by atoms with van der Waals surface area (Å²) in [6.07, 6.45) is 0.634. The van der Waals surface area contributed by atoms with Crippen molar-refractivity contribution in [3.8, 4) is 0 Å². The quantitative estimate of drug-likeness (QED) is 0.643. The molecule has 1 aliphatic rings. The second-order valence-corrected chi connectivity index (χ2v) is 7.01. The van der Waals surface area contributed by atoms with Crippen molar-refractivity contribution in [3.05, 3.63) is 29.8 Å². The number of rotatable bonds is 8. The maximum Gasteiger partial charge on any atom is 0.251 e. The summed E-state index contributed by atoms with van der Waals surface area (Å²) >= 11 is 0. The number of hydrogen-bond acceptors (Lipinski definition) is 5. The van der Waals surface area contributed by atoms with Gasteiger partial charge in [0.05, 0.1) is 19.3 Å². The smallest absolute Gasteiger partial charge is 0.251 e. The Morgan fingerprint density at radius 3 is 2.46 bits per heavy atom. The number of morpholine rings is 1. The third kappa shape index (κ3) is 6.74. The van der Waals surface area contributed by atoms with E-state index in [1.165, 1.54) is 0 Å². The number of nitrogens with two attached hydrogens (primary N) is 1.